The number of rotatable bonds is 5. The Bertz CT molecular complexity index is 999. The summed E-state index contributed by atoms with van der Waals surface area (Å²) in [5, 5.41) is 4.32. The molecule has 0 spiro atoms. The number of alkyl halides is 3. The fourth-order valence-corrected chi connectivity index (χ4v) is 4.21. The average Bonchev–Trinajstić information content (AvgIpc) is 3.18. The van der Waals surface area contributed by atoms with Crippen molar-refractivity contribution >= 4 is 29.3 Å². The Hall–Kier alpha value is -2.64. The van der Waals surface area contributed by atoms with Gasteiger partial charge in [-0.25, -0.2) is 0 Å². The summed E-state index contributed by atoms with van der Waals surface area (Å²) in [4.78, 5) is 4.89. The lowest BCUT2D eigenvalue weighted by atomic mass is 9.95. The van der Waals surface area contributed by atoms with E-state index in [0.29, 0.717) is 5.75 Å². The van der Waals surface area contributed by atoms with Gasteiger partial charge in [-0.2, -0.15) is 0 Å². The molecule has 162 valence electrons. The van der Waals surface area contributed by atoms with Gasteiger partial charge in [-0.05, 0) is 28.8 Å². The molecular weight excluding hydrogens is 445 g/mol. The summed E-state index contributed by atoms with van der Waals surface area (Å²) in [7, 11) is 0. The number of benzene rings is 3. The van der Waals surface area contributed by atoms with Gasteiger partial charge in [0.25, 0.3) is 0 Å². The standard InChI is InChI=1S/C23H19F3N2OS.ClH/c24-23(25,26)29-19-13-11-16(12-14-19)15-30-22-27-20(17-7-3-1-4-8-17)21(28-22)18-9-5-2-6-10-18;/h1-14,20-21H,15H2,(H,27,28);1H/t20-,21+;. The average molecular weight is 465 g/mol. The van der Waals surface area contributed by atoms with Crippen LogP contribution in [0, 0.1) is 0 Å². The second-order valence-corrected chi connectivity index (χ2v) is 7.77. The number of halogens is 4. The van der Waals surface area contributed by atoms with Crippen molar-refractivity contribution in [2.24, 2.45) is 4.99 Å². The molecule has 0 aliphatic carbocycles. The molecule has 2 atom stereocenters. The lowest BCUT2D eigenvalue weighted by Crippen LogP contribution is -2.22. The van der Waals surface area contributed by atoms with Crippen LogP contribution in [0.25, 0.3) is 0 Å². The first kappa shape index (κ1) is 23.0. The van der Waals surface area contributed by atoms with Crippen molar-refractivity contribution in [1.82, 2.24) is 5.32 Å². The van der Waals surface area contributed by atoms with Gasteiger partial charge in [-0.3, -0.25) is 4.99 Å². The van der Waals surface area contributed by atoms with Gasteiger partial charge in [-0.1, -0.05) is 84.6 Å². The van der Waals surface area contributed by atoms with Gasteiger partial charge in [0.2, 0.25) is 0 Å². The number of hydrogen-bond donors (Lipinski definition) is 1. The van der Waals surface area contributed by atoms with E-state index in [9.17, 15) is 13.2 Å². The van der Waals surface area contributed by atoms with E-state index < -0.39 is 6.36 Å². The van der Waals surface area contributed by atoms with Gasteiger partial charge >= 0.3 is 6.36 Å². The van der Waals surface area contributed by atoms with Gasteiger partial charge < -0.3 is 10.1 Å². The second kappa shape index (κ2) is 10.1. The van der Waals surface area contributed by atoms with Gasteiger partial charge in [0.15, 0.2) is 5.17 Å². The third-order valence-electron chi connectivity index (χ3n) is 4.68. The summed E-state index contributed by atoms with van der Waals surface area (Å²) in [5.41, 5.74) is 3.17. The zero-order chi connectivity index (χ0) is 21.0. The fraction of sp³-hybridized carbons (Fsp3) is 0.174. The Balaban J connectivity index is 0.00000272. The molecule has 0 amide bonds. The molecule has 3 nitrogen and oxygen atoms in total. The molecule has 31 heavy (non-hydrogen) atoms. The minimum atomic E-state index is -4.68. The van der Waals surface area contributed by atoms with E-state index in [2.05, 4.69) is 34.3 Å². The molecule has 0 saturated heterocycles. The highest BCUT2D eigenvalue weighted by Crippen LogP contribution is 2.38. The largest absolute Gasteiger partial charge is 0.573 e. The molecule has 1 aliphatic heterocycles. The van der Waals surface area contributed by atoms with Crippen LogP contribution in [0.1, 0.15) is 28.8 Å². The van der Waals surface area contributed by atoms with Crippen molar-refractivity contribution < 1.29 is 17.9 Å². The molecule has 0 aromatic heterocycles. The summed E-state index contributed by atoms with van der Waals surface area (Å²) in [5.74, 6) is 0.363. The van der Waals surface area contributed by atoms with Crippen molar-refractivity contribution in [1.29, 1.82) is 0 Å². The van der Waals surface area contributed by atoms with Crippen molar-refractivity contribution in [2.45, 2.75) is 24.2 Å². The molecule has 0 radical (unpaired) electrons. The number of ether oxygens (including phenoxy) is 1. The highest BCUT2D eigenvalue weighted by molar-refractivity contribution is 8.13. The normalized spacial score (nSPS) is 18.0. The zero-order valence-corrected chi connectivity index (χ0v) is 17.9. The lowest BCUT2D eigenvalue weighted by Gasteiger charge is -2.19. The van der Waals surface area contributed by atoms with Crippen LogP contribution in [-0.4, -0.2) is 11.5 Å². The number of amidine groups is 1. The Kier molecular flexibility index (Phi) is 7.51. The minimum Gasteiger partial charge on any atom is -0.406 e. The number of nitrogens with zero attached hydrogens (tertiary/aromatic N) is 1. The molecule has 1 aliphatic rings. The van der Waals surface area contributed by atoms with Crippen molar-refractivity contribution in [3.05, 3.63) is 102 Å². The lowest BCUT2D eigenvalue weighted by molar-refractivity contribution is -0.274. The fourth-order valence-electron chi connectivity index (χ4n) is 3.31. The first-order valence-electron chi connectivity index (χ1n) is 9.40. The maximum absolute atomic E-state index is 12.3. The number of thioether (sulfide) groups is 1. The van der Waals surface area contributed by atoms with Crippen molar-refractivity contribution in [3.63, 3.8) is 0 Å². The predicted octanol–water partition coefficient (Wildman–Crippen LogP) is 6.68. The van der Waals surface area contributed by atoms with E-state index in [1.54, 1.807) is 12.1 Å². The first-order chi connectivity index (χ1) is 14.5. The van der Waals surface area contributed by atoms with Crippen LogP contribution in [0.2, 0.25) is 0 Å². The summed E-state index contributed by atoms with van der Waals surface area (Å²) < 4.78 is 40.8. The van der Waals surface area contributed by atoms with Crippen molar-refractivity contribution in [2.75, 3.05) is 0 Å². The van der Waals surface area contributed by atoms with Crippen LogP contribution in [0.3, 0.4) is 0 Å². The number of aliphatic imine (C=N–C) groups is 1. The summed E-state index contributed by atoms with van der Waals surface area (Å²) in [6, 6.07) is 26.2. The first-order valence-corrected chi connectivity index (χ1v) is 10.4. The molecule has 0 fully saturated rings. The Labute approximate surface area is 189 Å². The summed E-state index contributed by atoms with van der Waals surface area (Å²) in [6.45, 7) is 0. The van der Waals surface area contributed by atoms with E-state index in [1.807, 2.05) is 36.4 Å². The van der Waals surface area contributed by atoms with Crippen LogP contribution < -0.4 is 10.1 Å². The smallest absolute Gasteiger partial charge is 0.406 e. The Morgan fingerprint density at radius 3 is 2.00 bits per heavy atom. The maximum Gasteiger partial charge on any atom is 0.573 e. The van der Waals surface area contributed by atoms with Crippen molar-refractivity contribution in [3.8, 4) is 5.75 Å². The third-order valence-corrected chi connectivity index (χ3v) is 5.66. The van der Waals surface area contributed by atoms with E-state index in [0.717, 1.165) is 21.9 Å². The van der Waals surface area contributed by atoms with E-state index in [-0.39, 0.29) is 30.2 Å². The van der Waals surface area contributed by atoms with Gasteiger partial charge in [0.05, 0.1) is 6.04 Å². The molecule has 3 aromatic rings. The molecule has 0 bridgehead atoms. The highest BCUT2D eigenvalue weighted by Gasteiger charge is 2.32. The summed E-state index contributed by atoms with van der Waals surface area (Å²) in [6.07, 6.45) is -4.68. The highest BCUT2D eigenvalue weighted by atomic mass is 35.5. The molecule has 4 rings (SSSR count). The molecule has 0 saturated carbocycles. The van der Waals surface area contributed by atoms with Gasteiger partial charge in [-0.15, -0.1) is 25.6 Å². The maximum atomic E-state index is 12.3. The molecule has 1 heterocycles. The number of hydrogen-bond acceptors (Lipinski definition) is 4. The molecule has 8 heteroatoms. The Morgan fingerprint density at radius 2 is 1.42 bits per heavy atom. The molecule has 1 N–H and O–H groups in total. The van der Waals surface area contributed by atoms with Gasteiger partial charge in [0.1, 0.15) is 11.8 Å². The van der Waals surface area contributed by atoms with E-state index >= 15 is 0 Å². The molecule has 0 unspecified atom stereocenters. The molecular formula is C23H20ClF3N2OS. The predicted molar refractivity (Wildman–Crippen MR) is 121 cm³/mol. The Morgan fingerprint density at radius 1 is 0.839 bits per heavy atom. The zero-order valence-electron chi connectivity index (χ0n) is 16.3. The van der Waals surface area contributed by atoms with Crippen LogP contribution in [-0.2, 0) is 5.75 Å². The molecule has 3 aromatic carbocycles. The van der Waals surface area contributed by atoms with E-state index in [1.165, 1.54) is 23.9 Å². The van der Waals surface area contributed by atoms with E-state index in [4.69, 9.17) is 4.99 Å². The van der Waals surface area contributed by atoms with Crippen LogP contribution in [0.4, 0.5) is 13.2 Å². The van der Waals surface area contributed by atoms with Crippen LogP contribution in [0.15, 0.2) is 89.9 Å². The van der Waals surface area contributed by atoms with Gasteiger partial charge in [0, 0.05) is 5.75 Å². The SMILES string of the molecule is Cl.FC(F)(F)Oc1ccc(CSC2=N[C@H](c3ccccc3)[C@H](c3ccccc3)N2)cc1. The van der Waals surface area contributed by atoms with Crippen LogP contribution >= 0.6 is 24.2 Å². The quantitative estimate of drug-likeness (QED) is 0.457. The monoisotopic (exact) mass is 464 g/mol. The number of nitrogens with one attached hydrogen (secondary N) is 1. The minimum absolute atomic E-state index is 0. The second-order valence-electron chi connectivity index (χ2n) is 6.80. The topological polar surface area (TPSA) is 33.6 Å². The van der Waals surface area contributed by atoms with Crippen LogP contribution in [0.5, 0.6) is 5.75 Å². The summed E-state index contributed by atoms with van der Waals surface area (Å²) >= 11 is 1.53. The third kappa shape index (κ3) is 6.18.